The Labute approximate surface area is 135 Å². The molecule has 1 aromatic heterocycles. The largest absolute Gasteiger partial charge is 0.375 e. The van der Waals surface area contributed by atoms with Crippen molar-refractivity contribution in [3.05, 3.63) is 39.3 Å². The Morgan fingerprint density at radius 1 is 1.50 bits per heavy atom. The quantitative estimate of drug-likeness (QED) is 0.881. The van der Waals surface area contributed by atoms with Crippen LogP contribution in [0.15, 0.2) is 33.8 Å². The Balaban J connectivity index is 1.82. The molecular formula is C14H16BrN3S2. The van der Waals surface area contributed by atoms with E-state index in [1.807, 2.05) is 18.0 Å². The molecule has 2 heterocycles. The molecule has 3 nitrogen and oxygen atoms in total. The lowest BCUT2D eigenvalue weighted by Crippen LogP contribution is -2.26. The number of nitrogen functional groups attached to an aromatic ring is 1. The molecule has 106 valence electrons. The van der Waals surface area contributed by atoms with Crippen molar-refractivity contribution in [1.29, 1.82) is 0 Å². The van der Waals surface area contributed by atoms with E-state index < -0.39 is 0 Å². The molecule has 1 atom stereocenters. The van der Waals surface area contributed by atoms with Crippen LogP contribution in [0.4, 0.5) is 5.13 Å². The monoisotopic (exact) mass is 369 g/mol. The van der Waals surface area contributed by atoms with E-state index in [9.17, 15) is 0 Å². The molecule has 1 aliphatic heterocycles. The SMILES string of the molecule is CN(Cc1cnc(N)s1)C1CCSc2ccc(Br)cc21. The first-order valence-corrected chi connectivity index (χ1v) is 9.05. The normalized spacial score (nSPS) is 18.2. The van der Waals surface area contributed by atoms with E-state index in [1.54, 1.807) is 11.3 Å². The third kappa shape index (κ3) is 3.03. The van der Waals surface area contributed by atoms with E-state index in [0.29, 0.717) is 11.2 Å². The molecule has 0 saturated heterocycles. The molecule has 0 bridgehead atoms. The fraction of sp³-hybridized carbons (Fsp3) is 0.357. The van der Waals surface area contributed by atoms with Gasteiger partial charge in [-0.15, -0.1) is 23.1 Å². The Morgan fingerprint density at radius 2 is 2.35 bits per heavy atom. The Kier molecular flexibility index (Phi) is 4.35. The van der Waals surface area contributed by atoms with E-state index in [2.05, 4.69) is 51.1 Å². The number of rotatable bonds is 3. The summed E-state index contributed by atoms with van der Waals surface area (Å²) in [5.74, 6) is 1.18. The lowest BCUT2D eigenvalue weighted by Gasteiger charge is -2.32. The molecule has 6 heteroatoms. The number of aromatic nitrogens is 1. The minimum absolute atomic E-state index is 0.465. The second-order valence-corrected chi connectivity index (χ2v) is 8.11. The van der Waals surface area contributed by atoms with Crippen molar-refractivity contribution in [2.75, 3.05) is 18.5 Å². The summed E-state index contributed by atoms with van der Waals surface area (Å²) in [6.45, 7) is 0.899. The maximum atomic E-state index is 5.71. The molecule has 20 heavy (non-hydrogen) atoms. The van der Waals surface area contributed by atoms with Crippen LogP contribution >= 0.6 is 39.0 Å². The average molecular weight is 370 g/mol. The lowest BCUT2D eigenvalue weighted by atomic mass is 10.0. The summed E-state index contributed by atoms with van der Waals surface area (Å²) in [4.78, 5) is 9.16. The highest BCUT2D eigenvalue weighted by Gasteiger charge is 2.24. The van der Waals surface area contributed by atoms with Gasteiger partial charge in [0.15, 0.2) is 5.13 Å². The molecule has 2 N–H and O–H groups in total. The summed E-state index contributed by atoms with van der Waals surface area (Å²) >= 11 is 7.11. The van der Waals surface area contributed by atoms with Crippen LogP contribution in [-0.2, 0) is 6.54 Å². The van der Waals surface area contributed by atoms with Gasteiger partial charge in [0.25, 0.3) is 0 Å². The molecule has 1 aliphatic rings. The van der Waals surface area contributed by atoms with Gasteiger partial charge in [-0.05, 0) is 43.0 Å². The molecule has 0 amide bonds. The van der Waals surface area contributed by atoms with Gasteiger partial charge in [-0.3, -0.25) is 4.90 Å². The molecule has 2 aromatic rings. The molecule has 0 aliphatic carbocycles. The molecular weight excluding hydrogens is 354 g/mol. The van der Waals surface area contributed by atoms with Crippen molar-refractivity contribution < 1.29 is 0 Å². The Hall–Kier alpha value is -0.560. The third-order valence-corrected chi connectivity index (χ3v) is 5.92. The van der Waals surface area contributed by atoms with Crippen LogP contribution in [0.5, 0.6) is 0 Å². The Morgan fingerprint density at radius 3 is 3.10 bits per heavy atom. The van der Waals surface area contributed by atoms with Gasteiger partial charge in [-0.1, -0.05) is 15.9 Å². The maximum Gasteiger partial charge on any atom is 0.180 e. The molecule has 0 fully saturated rings. The highest BCUT2D eigenvalue weighted by atomic mass is 79.9. The van der Waals surface area contributed by atoms with Crippen LogP contribution in [0.1, 0.15) is 22.9 Å². The number of thiazole rings is 1. The molecule has 3 rings (SSSR count). The van der Waals surface area contributed by atoms with Gasteiger partial charge in [0, 0.05) is 33.0 Å². The third-order valence-electron chi connectivity index (χ3n) is 3.49. The first-order chi connectivity index (χ1) is 9.63. The number of fused-ring (bicyclic) bond motifs is 1. The van der Waals surface area contributed by atoms with Crippen molar-refractivity contribution in [2.24, 2.45) is 0 Å². The highest BCUT2D eigenvalue weighted by Crippen LogP contribution is 2.40. The number of anilines is 1. The summed E-state index contributed by atoms with van der Waals surface area (Å²) in [6.07, 6.45) is 3.06. The number of nitrogens with zero attached hydrogens (tertiary/aromatic N) is 2. The van der Waals surface area contributed by atoms with Crippen LogP contribution < -0.4 is 5.73 Å². The smallest absolute Gasteiger partial charge is 0.180 e. The van der Waals surface area contributed by atoms with Gasteiger partial charge in [0.05, 0.1) is 0 Å². The van der Waals surface area contributed by atoms with Crippen molar-refractivity contribution in [2.45, 2.75) is 23.9 Å². The summed E-state index contributed by atoms with van der Waals surface area (Å²) in [7, 11) is 2.18. The van der Waals surface area contributed by atoms with Crippen molar-refractivity contribution in [1.82, 2.24) is 9.88 Å². The maximum absolute atomic E-state index is 5.71. The summed E-state index contributed by atoms with van der Waals surface area (Å²) in [5.41, 5.74) is 7.14. The molecule has 1 unspecified atom stereocenters. The molecule has 0 spiro atoms. The Bertz CT molecular complexity index is 614. The fourth-order valence-corrected chi connectivity index (χ4v) is 4.77. The zero-order chi connectivity index (χ0) is 14.1. The van der Waals surface area contributed by atoms with Gasteiger partial charge >= 0.3 is 0 Å². The zero-order valence-corrected chi connectivity index (χ0v) is 14.4. The standard InChI is InChI=1S/C14H16BrN3S2/c1-18(8-10-7-17-14(16)20-10)12-4-5-19-13-3-2-9(15)6-11(12)13/h2-3,6-7,12H,4-5,8H2,1H3,(H2,16,17). The van der Waals surface area contributed by atoms with Crippen molar-refractivity contribution in [3.8, 4) is 0 Å². The fourth-order valence-electron chi connectivity index (χ4n) is 2.56. The minimum Gasteiger partial charge on any atom is -0.375 e. The number of benzene rings is 1. The predicted octanol–water partition coefficient (Wildman–Crippen LogP) is 4.16. The minimum atomic E-state index is 0.465. The summed E-state index contributed by atoms with van der Waals surface area (Å²) in [6, 6.07) is 7.06. The first-order valence-electron chi connectivity index (χ1n) is 6.46. The van der Waals surface area contributed by atoms with Crippen LogP contribution in [0.25, 0.3) is 0 Å². The van der Waals surface area contributed by atoms with Gasteiger partial charge in [-0.25, -0.2) is 4.98 Å². The molecule has 0 saturated carbocycles. The van der Waals surface area contributed by atoms with Crippen LogP contribution in [-0.4, -0.2) is 22.7 Å². The number of hydrogen-bond acceptors (Lipinski definition) is 5. The second kappa shape index (κ2) is 6.05. The van der Waals surface area contributed by atoms with Crippen LogP contribution in [0, 0.1) is 0 Å². The van der Waals surface area contributed by atoms with Crippen molar-refractivity contribution >= 4 is 44.2 Å². The van der Waals surface area contributed by atoms with Gasteiger partial charge in [0.2, 0.25) is 0 Å². The van der Waals surface area contributed by atoms with Crippen molar-refractivity contribution in [3.63, 3.8) is 0 Å². The number of nitrogens with two attached hydrogens (primary N) is 1. The van der Waals surface area contributed by atoms with Crippen LogP contribution in [0.3, 0.4) is 0 Å². The summed E-state index contributed by atoms with van der Waals surface area (Å²) in [5, 5.41) is 0.649. The van der Waals surface area contributed by atoms with Gasteiger partial charge in [-0.2, -0.15) is 0 Å². The number of hydrogen-bond donors (Lipinski definition) is 1. The second-order valence-electron chi connectivity index (χ2n) is 4.92. The number of thioether (sulfide) groups is 1. The van der Waals surface area contributed by atoms with Gasteiger partial charge < -0.3 is 5.73 Å². The van der Waals surface area contributed by atoms with E-state index >= 15 is 0 Å². The van der Waals surface area contributed by atoms with E-state index in [1.165, 1.54) is 27.5 Å². The molecule has 1 aromatic carbocycles. The topological polar surface area (TPSA) is 42.2 Å². The molecule has 0 radical (unpaired) electrons. The van der Waals surface area contributed by atoms with E-state index in [4.69, 9.17) is 5.73 Å². The highest BCUT2D eigenvalue weighted by molar-refractivity contribution is 9.10. The zero-order valence-electron chi connectivity index (χ0n) is 11.2. The lowest BCUT2D eigenvalue weighted by molar-refractivity contribution is 0.229. The summed E-state index contributed by atoms with van der Waals surface area (Å²) < 4.78 is 1.15. The van der Waals surface area contributed by atoms with Crippen LogP contribution in [0.2, 0.25) is 0 Å². The van der Waals surface area contributed by atoms with Gasteiger partial charge in [0.1, 0.15) is 0 Å². The number of halogens is 1. The van der Waals surface area contributed by atoms with E-state index in [-0.39, 0.29) is 0 Å². The predicted molar refractivity (Wildman–Crippen MR) is 90.2 cm³/mol. The first kappa shape index (κ1) is 14.4. The van der Waals surface area contributed by atoms with E-state index in [0.717, 1.165) is 11.0 Å². The average Bonchev–Trinajstić information content (AvgIpc) is 2.83.